The molecule has 1 amide bonds. The van der Waals surface area contributed by atoms with Crippen molar-refractivity contribution in [1.82, 2.24) is 4.90 Å². The number of carbonyl (C=O) groups excluding carboxylic acids is 2. The van der Waals surface area contributed by atoms with Crippen molar-refractivity contribution in [3.05, 3.63) is 34.9 Å². The van der Waals surface area contributed by atoms with Crippen LogP contribution in [-0.2, 0) is 14.3 Å². The highest BCUT2D eigenvalue weighted by molar-refractivity contribution is 5.92. The van der Waals surface area contributed by atoms with E-state index in [4.69, 9.17) is 9.47 Å². The second-order valence-electron chi connectivity index (χ2n) is 5.42. The lowest BCUT2D eigenvalue weighted by atomic mass is 10.1. The van der Waals surface area contributed by atoms with Crippen molar-refractivity contribution in [3.8, 4) is 0 Å². The second kappa shape index (κ2) is 6.72. The molecule has 1 aromatic rings. The van der Waals surface area contributed by atoms with E-state index in [1.165, 1.54) is 0 Å². The highest BCUT2D eigenvalue weighted by Crippen LogP contribution is 2.12. The third-order valence-corrected chi connectivity index (χ3v) is 3.53. The topological polar surface area (TPSA) is 55.8 Å². The van der Waals surface area contributed by atoms with Crippen molar-refractivity contribution in [1.29, 1.82) is 0 Å². The van der Waals surface area contributed by atoms with E-state index >= 15 is 0 Å². The zero-order valence-corrected chi connectivity index (χ0v) is 12.7. The second-order valence-corrected chi connectivity index (χ2v) is 5.42. The first-order chi connectivity index (χ1) is 9.97. The zero-order chi connectivity index (χ0) is 15.4. The first kappa shape index (κ1) is 15.5. The van der Waals surface area contributed by atoms with Gasteiger partial charge in [0.25, 0.3) is 5.91 Å². The lowest BCUT2D eigenvalue weighted by molar-refractivity contribution is -0.141. The van der Waals surface area contributed by atoms with Gasteiger partial charge in [0.2, 0.25) is 0 Å². The fourth-order valence-corrected chi connectivity index (χ4v) is 2.30. The van der Waals surface area contributed by atoms with Gasteiger partial charge in [0.1, 0.15) is 0 Å². The summed E-state index contributed by atoms with van der Waals surface area (Å²) >= 11 is 0. The number of hydrogen-bond donors (Lipinski definition) is 0. The largest absolute Gasteiger partial charge is 0.452 e. The zero-order valence-electron chi connectivity index (χ0n) is 12.7. The fourth-order valence-electron chi connectivity index (χ4n) is 2.30. The van der Waals surface area contributed by atoms with Gasteiger partial charge in [0.15, 0.2) is 6.61 Å². The van der Waals surface area contributed by atoms with Crippen LogP contribution in [0.4, 0.5) is 0 Å². The van der Waals surface area contributed by atoms with E-state index in [1.54, 1.807) is 11.0 Å². The lowest BCUT2D eigenvalue weighted by Crippen LogP contribution is -2.46. The Morgan fingerprint density at radius 1 is 1.38 bits per heavy atom. The summed E-state index contributed by atoms with van der Waals surface area (Å²) < 4.78 is 10.5. The molecule has 0 aromatic heterocycles. The third-order valence-electron chi connectivity index (χ3n) is 3.53. The van der Waals surface area contributed by atoms with Gasteiger partial charge in [-0.05, 0) is 32.4 Å². The predicted molar refractivity (Wildman–Crippen MR) is 78.2 cm³/mol. The molecule has 1 fully saturated rings. The summed E-state index contributed by atoms with van der Waals surface area (Å²) in [5.41, 5.74) is 2.34. The first-order valence-electron chi connectivity index (χ1n) is 7.11. The van der Waals surface area contributed by atoms with E-state index in [-0.39, 0.29) is 18.6 Å². The predicted octanol–water partition coefficient (Wildman–Crippen LogP) is 1.71. The molecule has 1 aliphatic rings. The molecule has 21 heavy (non-hydrogen) atoms. The molecule has 5 nitrogen and oxygen atoms in total. The molecule has 1 saturated heterocycles. The quantitative estimate of drug-likeness (QED) is 0.796. The summed E-state index contributed by atoms with van der Waals surface area (Å²) in [4.78, 5) is 25.7. The molecule has 1 unspecified atom stereocenters. The van der Waals surface area contributed by atoms with Crippen molar-refractivity contribution in [2.24, 2.45) is 0 Å². The Morgan fingerprint density at radius 2 is 2.14 bits per heavy atom. The Hall–Kier alpha value is -1.88. The van der Waals surface area contributed by atoms with Crippen LogP contribution in [0.1, 0.15) is 28.4 Å². The van der Waals surface area contributed by atoms with E-state index in [2.05, 4.69) is 0 Å². The number of aryl methyl sites for hydroxylation is 2. The molecule has 1 aliphatic heterocycles. The number of carbonyl (C=O) groups is 2. The van der Waals surface area contributed by atoms with Crippen LogP contribution in [0, 0.1) is 13.8 Å². The number of morpholine rings is 1. The van der Waals surface area contributed by atoms with Crippen molar-refractivity contribution in [2.45, 2.75) is 26.9 Å². The Kier molecular flexibility index (Phi) is 4.96. The van der Waals surface area contributed by atoms with Gasteiger partial charge in [-0.25, -0.2) is 4.79 Å². The summed E-state index contributed by atoms with van der Waals surface area (Å²) in [6.07, 6.45) is 0.0254. The van der Waals surface area contributed by atoms with Crippen LogP contribution >= 0.6 is 0 Å². The lowest BCUT2D eigenvalue weighted by Gasteiger charge is -2.30. The molecule has 0 radical (unpaired) electrons. The molecule has 0 aliphatic carbocycles. The summed E-state index contributed by atoms with van der Waals surface area (Å²) in [6.45, 7) is 7.07. The minimum absolute atomic E-state index is 0.0254. The van der Waals surface area contributed by atoms with Gasteiger partial charge in [0, 0.05) is 13.1 Å². The SMILES string of the molecule is Cc1ccc(C)c(C(=O)OCC(=O)N2CCOC(C)C2)c1. The van der Waals surface area contributed by atoms with Gasteiger partial charge in [-0.15, -0.1) is 0 Å². The Labute approximate surface area is 124 Å². The van der Waals surface area contributed by atoms with E-state index in [1.807, 2.05) is 32.9 Å². The number of benzene rings is 1. The highest BCUT2D eigenvalue weighted by Gasteiger charge is 2.22. The molecular weight excluding hydrogens is 270 g/mol. The maximum atomic E-state index is 12.1. The molecule has 5 heteroatoms. The third kappa shape index (κ3) is 4.04. The van der Waals surface area contributed by atoms with Crippen LogP contribution in [-0.4, -0.2) is 49.2 Å². The van der Waals surface area contributed by atoms with Crippen LogP contribution in [0.5, 0.6) is 0 Å². The highest BCUT2D eigenvalue weighted by atomic mass is 16.5. The minimum atomic E-state index is -0.453. The number of rotatable bonds is 3. The number of nitrogens with zero attached hydrogens (tertiary/aromatic N) is 1. The minimum Gasteiger partial charge on any atom is -0.452 e. The van der Waals surface area contributed by atoms with Gasteiger partial charge in [0.05, 0.1) is 18.3 Å². The number of hydrogen-bond acceptors (Lipinski definition) is 4. The summed E-state index contributed by atoms with van der Waals surface area (Å²) in [6, 6.07) is 5.59. The molecule has 0 N–H and O–H groups in total. The maximum absolute atomic E-state index is 12.1. The van der Waals surface area contributed by atoms with Crippen LogP contribution in [0.25, 0.3) is 0 Å². The molecule has 0 spiro atoms. The Balaban J connectivity index is 1.91. The monoisotopic (exact) mass is 291 g/mol. The summed E-state index contributed by atoms with van der Waals surface area (Å²) in [5.74, 6) is -0.630. The maximum Gasteiger partial charge on any atom is 0.338 e. The normalized spacial score (nSPS) is 18.4. The van der Waals surface area contributed by atoms with E-state index in [0.29, 0.717) is 25.3 Å². The Bertz CT molecular complexity index is 541. The van der Waals surface area contributed by atoms with E-state index in [9.17, 15) is 9.59 Å². The molecular formula is C16H21NO4. The first-order valence-corrected chi connectivity index (χ1v) is 7.11. The molecule has 0 bridgehead atoms. The number of esters is 1. The van der Waals surface area contributed by atoms with Crippen molar-refractivity contribution < 1.29 is 19.1 Å². The molecule has 1 aromatic carbocycles. The van der Waals surface area contributed by atoms with E-state index in [0.717, 1.165) is 11.1 Å². The van der Waals surface area contributed by atoms with Crippen LogP contribution in [0.15, 0.2) is 18.2 Å². The fraction of sp³-hybridized carbons (Fsp3) is 0.500. The average molecular weight is 291 g/mol. The van der Waals surface area contributed by atoms with Gasteiger partial charge in [-0.2, -0.15) is 0 Å². The van der Waals surface area contributed by atoms with Crippen molar-refractivity contribution in [2.75, 3.05) is 26.3 Å². The number of amides is 1. The average Bonchev–Trinajstić information content (AvgIpc) is 2.47. The van der Waals surface area contributed by atoms with Gasteiger partial charge < -0.3 is 14.4 Å². The molecule has 1 heterocycles. The molecule has 1 atom stereocenters. The molecule has 114 valence electrons. The molecule has 2 rings (SSSR count). The Morgan fingerprint density at radius 3 is 2.86 bits per heavy atom. The standard InChI is InChI=1S/C16H21NO4/c1-11-4-5-12(2)14(8-11)16(19)21-10-15(18)17-6-7-20-13(3)9-17/h4-5,8,13H,6-7,9-10H2,1-3H3. The summed E-state index contributed by atoms with van der Waals surface area (Å²) in [7, 11) is 0. The van der Waals surface area contributed by atoms with Gasteiger partial charge in [-0.1, -0.05) is 17.7 Å². The number of ether oxygens (including phenoxy) is 2. The van der Waals surface area contributed by atoms with E-state index < -0.39 is 5.97 Å². The van der Waals surface area contributed by atoms with Crippen molar-refractivity contribution >= 4 is 11.9 Å². The van der Waals surface area contributed by atoms with Crippen molar-refractivity contribution in [3.63, 3.8) is 0 Å². The van der Waals surface area contributed by atoms with Crippen LogP contribution in [0.3, 0.4) is 0 Å². The van der Waals surface area contributed by atoms with Crippen LogP contribution in [0.2, 0.25) is 0 Å². The van der Waals surface area contributed by atoms with Gasteiger partial charge >= 0.3 is 5.97 Å². The summed E-state index contributed by atoms with van der Waals surface area (Å²) in [5, 5.41) is 0. The van der Waals surface area contributed by atoms with Gasteiger partial charge in [-0.3, -0.25) is 4.79 Å². The smallest absolute Gasteiger partial charge is 0.338 e. The van der Waals surface area contributed by atoms with Crippen LogP contribution < -0.4 is 0 Å². The molecule has 0 saturated carbocycles.